The van der Waals surface area contributed by atoms with Crippen molar-refractivity contribution in [1.82, 2.24) is 9.38 Å². The first-order valence-electron chi connectivity index (χ1n) is 7.34. The van der Waals surface area contributed by atoms with Gasteiger partial charge >= 0.3 is 5.97 Å². The molecule has 0 fully saturated rings. The van der Waals surface area contributed by atoms with Crippen molar-refractivity contribution in [2.45, 2.75) is 20.3 Å². The van der Waals surface area contributed by atoms with Gasteiger partial charge in [0.1, 0.15) is 5.65 Å². The van der Waals surface area contributed by atoms with Crippen molar-refractivity contribution in [1.29, 1.82) is 0 Å². The Morgan fingerprint density at radius 3 is 2.50 bits per heavy atom. The molecule has 0 saturated carbocycles. The molecule has 2 aromatic heterocycles. The van der Waals surface area contributed by atoms with Gasteiger partial charge in [0.2, 0.25) is 0 Å². The van der Waals surface area contributed by atoms with Crippen LogP contribution >= 0.6 is 0 Å². The molecule has 0 radical (unpaired) electrons. The molecule has 0 spiro atoms. The highest BCUT2D eigenvalue weighted by Crippen LogP contribution is 2.21. The normalized spacial score (nSPS) is 11.2. The Kier molecular flexibility index (Phi) is 3.67. The minimum Gasteiger partial charge on any atom is -0.478 e. The number of hydrogen-bond donors (Lipinski definition) is 1. The van der Waals surface area contributed by atoms with Crippen LogP contribution in [-0.4, -0.2) is 20.5 Å². The Bertz CT molecular complexity index is 817. The molecule has 3 aromatic rings. The summed E-state index contributed by atoms with van der Waals surface area (Å²) < 4.78 is 1.75. The maximum Gasteiger partial charge on any atom is 0.337 e. The number of aromatic nitrogens is 2. The van der Waals surface area contributed by atoms with Crippen LogP contribution in [0, 0.1) is 5.92 Å². The summed E-state index contributed by atoms with van der Waals surface area (Å²) in [5, 5.41) is 9.04. The second-order valence-electron chi connectivity index (χ2n) is 5.91. The summed E-state index contributed by atoms with van der Waals surface area (Å²) in [4.78, 5) is 15.6. The van der Waals surface area contributed by atoms with E-state index in [1.807, 2.05) is 6.20 Å². The Labute approximate surface area is 129 Å². The van der Waals surface area contributed by atoms with Gasteiger partial charge in [-0.2, -0.15) is 0 Å². The highest BCUT2D eigenvalue weighted by atomic mass is 16.4. The van der Waals surface area contributed by atoms with E-state index in [4.69, 9.17) is 5.11 Å². The topological polar surface area (TPSA) is 54.6 Å². The molecule has 0 amide bonds. The molecule has 0 atom stereocenters. The Morgan fingerprint density at radius 1 is 1.14 bits per heavy atom. The smallest absolute Gasteiger partial charge is 0.337 e. The number of hydrogen-bond acceptors (Lipinski definition) is 2. The average Bonchev–Trinajstić information content (AvgIpc) is 2.90. The largest absolute Gasteiger partial charge is 0.478 e. The highest BCUT2D eigenvalue weighted by molar-refractivity contribution is 5.87. The molecule has 4 nitrogen and oxygen atoms in total. The van der Waals surface area contributed by atoms with Crippen molar-refractivity contribution in [3.05, 3.63) is 59.9 Å². The monoisotopic (exact) mass is 294 g/mol. The quantitative estimate of drug-likeness (QED) is 0.794. The first-order chi connectivity index (χ1) is 10.5. The van der Waals surface area contributed by atoms with Gasteiger partial charge in [0.15, 0.2) is 0 Å². The van der Waals surface area contributed by atoms with Gasteiger partial charge in [0.25, 0.3) is 0 Å². The van der Waals surface area contributed by atoms with E-state index in [9.17, 15) is 4.79 Å². The second-order valence-corrected chi connectivity index (χ2v) is 5.91. The van der Waals surface area contributed by atoms with Crippen LogP contribution < -0.4 is 0 Å². The lowest BCUT2D eigenvalue weighted by Crippen LogP contribution is -1.97. The third kappa shape index (κ3) is 2.86. The predicted molar refractivity (Wildman–Crippen MR) is 86.1 cm³/mol. The number of aromatic carboxylic acids is 1. The van der Waals surface area contributed by atoms with Gasteiger partial charge in [-0.15, -0.1) is 0 Å². The number of nitrogens with zero attached hydrogens (tertiary/aromatic N) is 2. The summed E-state index contributed by atoms with van der Waals surface area (Å²) >= 11 is 0. The summed E-state index contributed by atoms with van der Waals surface area (Å²) in [6.07, 6.45) is 4.51. The van der Waals surface area contributed by atoms with Crippen molar-refractivity contribution >= 4 is 11.6 Å². The second kappa shape index (κ2) is 5.64. The molecule has 22 heavy (non-hydrogen) atoms. The Morgan fingerprint density at radius 2 is 1.86 bits per heavy atom. The third-order valence-corrected chi connectivity index (χ3v) is 3.59. The summed E-state index contributed by atoms with van der Waals surface area (Å²) in [5.41, 5.74) is 4.19. The first-order valence-corrected chi connectivity index (χ1v) is 7.34. The van der Waals surface area contributed by atoms with Crippen LogP contribution in [0.2, 0.25) is 0 Å². The average molecular weight is 294 g/mol. The minimum absolute atomic E-state index is 0.253. The zero-order chi connectivity index (χ0) is 15.7. The van der Waals surface area contributed by atoms with Gasteiger partial charge in [-0.25, -0.2) is 9.78 Å². The molecule has 0 saturated heterocycles. The van der Waals surface area contributed by atoms with E-state index in [0.29, 0.717) is 5.92 Å². The molecule has 3 rings (SSSR count). The number of rotatable bonds is 4. The number of carbonyl (C=O) groups is 1. The molecule has 1 N–H and O–H groups in total. The minimum atomic E-state index is -0.935. The van der Waals surface area contributed by atoms with Gasteiger partial charge in [-0.05, 0) is 30.0 Å². The number of pyridine rings is 1. The number of carboxylic acid groups (broad SMARTS) is 1. The van der Waals surface area contributed by atoms with Crippen molar-refractivity contribution in [3.63, 3.8) is 0 Å². The van der Waals surface area contributed by atoms with Crippen molar-refractivity contribution in [2.24, 2.45) is 5.92 Å². The van der Waals surface area contributed by atoms with Gasteiger partial charge in [0, 0.05) is 18.0 Å². The summed E-state index contributed by atoms with van der Waals surface area (Å²) in [6, 6.07) is 11.7. The SMILES string of the molecule is CC(C)Cc1ccc(-c2cn3cc(C(=O)O)ccc3n2)cc1. The predicted octanol–water partition coefficient (Wildman–Crippen LogP) is 3.90. The van der Waals surface area contributed by atoms with Gasteiger partial charge in [-0.1, -0.05) is 38.1 Å². The number of benzene rings is 1. The lowest BCUT2D eigenvalue weighted by Gasteiger charge is -2.05. The molecule has 112 valence electrons. The molecule has 1 aromatic carbocycles. The molecule has 2 heterocycles. The Balaban J connectivity index is 1.94. The fourth-order valence-corrected chi connectivity index (χ4v) is 2.54. The van der Waals surface area contributed by atoms with E-state index >= 15 is 0 Å². The van der Waals surface area contributed by atoms with Crippen LogP contribution in [0.25, 0.3) is 16.9 Å². The summed E-state index contributed by atoms with van der Waals surface area (Å²) in [5.74, 6) is -0.300. The molecule has 0 unspecified atom stereocenters. The molecule has 4 heteroatoms. The molecule has 0 aliphatic carbocycles. The maximum atomic E-state index is 11.0. The van der Waals surface area contributed by atoms with Crippen LogP contribution in [0.4, 0.5) is 0 Å². The zero-order valence-corrected chi connectivity index (χ0v) is 12.7. The molecular formula is C18H18N2O2. The van der Waals surface area contributed by atoms with Gasteiger partial charge in [0.05, 0.1) is 11.3 Å². The van der Waals surface area contributed by atoms with Crippen molar-refractivity contribution in [3.8, 4) is 11.3 Å². The first kappa shape index (κ1) is 14.3. The molecular weight excluding hydrogens is 276 g/mol. The summed E-state index contributed by atoms with van der Waals surface area (Å²) in [6.45, 7) is 4.41. The van der Waals surface area contributed by atoms with Crippen LogP contribution in [0.15, 0.2) is 48.8 Å². The lowest BCUT2D eigenvalue weighted by molar-refractivity contribution is 0.0696. The van der Waals surface area contributed by atoms with E-state index < -0.39 is 5.97 Å². The molecule has 0 bridgehead atoms. The van der Waals surface area contributed by atoms with Crippen LogP contribution in [-0.2, 0) is 6.42 Å². The molecule has 0 aliphatic rings. The van der Waals surface area contributed by atoms with E-state index in [-0.39, 0.29) is 5.56 Å². The fraction of sp³-hybridized carbons (Fsp3) is 0.222. The zero-order valence-electron chi connectivity index (χ0n) is 12.7. The van der Waals surface area contributed by atoms with Crippen molar-refractivity contribution in [2.75, 3.05) is 0 Å². The van der Waals surface area contributed by atoms with Crippen LogP contribution in [0.1, 0.15) is 29.8 Å². The van der Waals surface area contributed by atoms with Gasteiger partial charge in [-0.3, -0.25) is 0 Å². The standard InChI is InChI=1S/C18H18N2O2/c1-12(2)9-13-3-5-14(6-4-13)16-11-20-10-15(18(21)22)7-8-17(20)19-16/h3-8,10-12H,9H2,1-2H3,(H,21,22). The number of carboxylic acids is 1. The Hall–Kier alpha value is -2.62. The van der Waals surface area contributed by atoms with Gasteiger partial charge < -0.3 is 9.51 Å². The lowest BCUT2D eigenvalue weighted by atomic mass is 10.0. The third-order valence-electron chi connectivity index (χ3n) is 3.59. The van der Waals surface area contributed by atoms with E-state index in [2.05, 4.69) is 43.1 Å². The maximum absolute atomic E-state index is 11.0. The summed E-state index contributed by atoms with van der Waals surface area (Å²) in [7, 11) is 0. The molecule has 0 aliphatic heterocycles. The fourth-order valence-electron chi connectivity index (χ4n) is 2.54. The van der Waals surface area contributed by atoms with Crippen LogP contribution in [0.5, 0.6) is 0 Å². The highest BCUT2D eigenvalue weighted by Gasteiger charge is 2.08. The van der Waals surface area contributed by atoms with E-state index in [0.717, 1.165) is 23.3 Å². The number of imidazole rings is 1. The van der Waals surface area contributed by atoms with Crippen LogP contribution in [0.3, 0.4) is 0 Å². The number of fused-ring (bicyclic) bond motifs is 1. The van der Waals surface area contributed by atoms with E-state index in [1.54, 1.807) is 22.7 Å². The van der Waals surface area contributed by atoms with Crippen molar-refractivity contribution < 1.29 is 9.90 Å². The van der Waals surface area contributed by atoms with E-state index in [1.165, 1.54) is 5.56 Å².